The van der Waals surface area contributed by atoms with Crippen LogP contribution in [0, 0.1) is 0 Å². The number of hydrogen-bond donors (Lipinski definition) is 3. The van der Waals surface area contributed by atoms with Crippen LogP contribution in [0.1, 0.15) is 226 Å². The predicted octanol–water partition coefficient (Wildman–Crippen LogP) is 14.1. The van der Waals surface area contributed by atoms with Gasteiger partial charge in [-0.1, -0.05) is 184 Å². The van der Waals surface area contributed by atoms with Crippen molar-refractivity contribution in [3.63, 3.8) is 0 Å². The molecule has 0 saturated heterocycles. The van der Waals surface area contributed by atoms with Gasteiger partial charge in [-0.15, -0.1) is 0 Å². The van der Waals surface area contributed by atoms with E-state index in [1.165, 1.54) is 89.9 Å². The highest BCUT2D eigenvalue weighted by Crippen LogP contribution is 2.17. The summed E-state index contributed by atoms with van der Waals surface area (Å²) in [7, 11) is 0. The number of aliphatic hydroxyl groups excluding tert-OH is 2. The fourth-order valence-corrected chi connectivity index (χ4v) is 6.94. The molecule has 0 bridgehead atoms. The standard InChI is InChI=1S/C51H91NO5/c1-4-7-10-13-16-19-21-23-24-25-26-27-29-32-35-38-41-44-51(56)57-47(42-39-36-33-31-28-22-20-17-14-11-8-5-2)45-50(55)52-48(46-53)49(54)43-40-37-34-30-18-15-12-9-6-3/h8,11,16-17,19-20,23-24,28,31,47-49,53-54H,4-7,9-10,12-15,18,21-22,25-27,29-30,32-46H2,1-3H3,(H,52,55)/b11-8+,19-16-,20-17+,24-23-,31-28+. The van der Waals surface area contributed by atoms with Crippen LogP contribution in [-0.4, -0.2) is 46.9 Å². The smallest absolute Gasteiger partial charge is 0.306 e. The fourth-order valence-electron chi connectivity index (χ4n) is 6.94. The summed E-state index contributed by atoms with van der Waals surface area (Å²) >= 11 is 0. The number of esters is 1. The summed E-state index contributed by atoms with van der Waals surface area (Å²) in [4.78, 5) is 26.0. The Bertz CT molecular complexity index is 1030. The first-order valence-electron chi connectivity index (χ1n) is 24.0. The highest BCUT2D eigenvalue weighted by Gasteiger charge is 2.24. The first-order chi connectivity index (χ1) is 28.0. The SMILES string of the molecule is CC/C=C/C/C=C/C/C=C/CCCCC(CC(=O)NC(CO)C(O)CCCCCCCCCCC)OC(=O)CCCCCCCCC/C=C\C/C=C\CCCCC. The molecule has 0 spiro atoms. The van der Waals surface area contributed by atoms with Gasteiger partial charge in [0.15, 0.2) is 0 Å². The number of aliphatic hydroxyl groups is 2. The molecule has 0 saturated carbocycles. The van der Waals surface area contributed by atoms with Crippen molar-refractivity contribution in [2.45, 2.75) is 244 Å². The molecule has 0 heterocycles. The molecule has 6 heteroatoms. The average molecular weight is 798 g/mol. The first kappa shape index (κ1) is 54.6. The van der Waals surface area contributed by atoms with Crippen LogP contribution in [0.5, 0.6) is 0 Å². The quantitative estimate of drug-likeness (QED) is 0.0325. The third-order valence-electron chi connectivity index (χ3n) is 10.6. The summed E-state index contributed by atoms with van der Waals surface area (Å²) in [6, 6.07) is -0.714. The van der Waals surface area contributed by atoms with Crippen molar-refractivity contribution >= 4 is 11.9 Å². The van der Waals surface area contributed by atoms with Gasteiger partial charge in [-0.05, 0) is 89.9 Å². The average Bonchev–Trinajstić information content (AvgIpc) is 3.20. The molecule has 0 aliphatic rings. The van der Waals surface area contributed by atoms with Crippen molar-refractivity contribution in [1.29, 1.82) is 0 Å². The van der Waals surface area contributed by atoms with E-state index >= 15 is 0 Å². The maximum atomic E-state index is 13.1. The highest BCUT2D eigenvalue weighted by molar-refractivity contribution is 5.77. The molecule has 6 nitrogen and oxygen atoms in total. The molecule has 0 aromatic carbocycles. The Kier molecular flexibility index (Phi) is 42.7. The summed E-state index contributed by atoms with van der Waals surface area (Å²) < 4.78 is 5.89. The van der Waals surface area contributed by atoms with Crippen molar-refractivity contribution in [3.05, 3.63) is 60.8 Å². The van der Waals surface area contributed by atoms with Crippen LogP contribution >= 0.6 is 0 Å². The fraction of sp³-hybridized carbons (Fsp3) is 0.765. The minimum Gasteiger partial charge on any atom is -0.462 e. The first-order valence-corrected chi connectivity index (χ1v) is 24.0. The zero-order valence-electron chi connectivity index (χ0n) is 37.5. The summed E-state index contributed by atoms with van der Waals surface area (Å²) in [6.07, 6.45) is 54.3. The van der Waals surface area contributed by atoms with Crippen LogP contribution in [0.4, 0.5) is 0 Å². The van der Waals surface area contributed by atoms with E-state index in [-0.39, 0.29) is 24.9 Å². The summed E-state index contributed by atoms with van der Waals surface area (Å²) in [6.45, 7) is 6.30. The lowest BCUT2D eigenvalue weighted by Crippen LogP contribution is -2.46. The van der Waals surface area contributed by atoms with Crippen molar-refractivity contribution in [1.82, 2.24) is 5.32 Å². The van der Waals surface area contributed by atoms with Crippen LogP contribution in [0.3, 0.4) is 0 Å². The van der Waals surface area contributed by atoms with E-state index in [1.807, 2.05) is 0 Å². The lowest BCUT2D eigenvalue weighted by atomic mass is 10.0. The molecule has 0 aliphatic heterocycles. The van der Waals surface area contributed by atoms with Crippen molar-refractivity contribution in [3.8, 4) is 0 Å². The third-order valence-corrected chi connectivity index (χ3v) is 10.6. The van der Waals surface area contributed by atoms with Gasteiger partial charge >= 0.3 is 5.97 Å². The van der Waals surface area contributed by atoms with Crippen LogP contribution in [0.25, 0.3) is 0 Å². The van der Waals surface area contributed by atoms with E-state index < -0.39 is 18.2 Å². The Balaban J connectivity index is 4.61. The number of allylic oxidation sites excluding steroid dienone is 10. The zero-order valence-corrected chi connectivity index (χ0v) is 37.5. The molecular formula is C51H91NO5. The van der Waals surface area contributed by atoms with Gasteiger partial charge in [0, 0.05) is 6.42 Å². The predicted molar refractivity (Wildman–Crippen MR) is 245 cm³/mol. The van der Waals surface area contributed by atoms with Gasteiger partial charge in [0.05, 0.1) is 25.2 Å². The second-order valence-corrected chi connectivity index (χ2v) is 16.1. The number of amides is 1. The molecule has 0 aromatic rings. The van der Waals surface area contributed by atoms with Gasteiger partial charge in [0.1, 0.15) is 6.10 Å². The second-order valence-electron chi connectivity index (χ2n) is 16.1. The molecule has 0 aliphatic carbocycles. The van der Waals surface area contributed by atoms with Crippen molar-refractivity contribution in [2.75, 3.05) is 6.61 Å². The molecule has 0 fully saturated rings. The second kappa shape index (κ2) is 44.7. The number of carbonyl (C=O) groups excluding carboxylic acids is 2. The van der Waals surface area contributed by atoms with Crippen molar-refractivity contribution < 1.29 is 24.5 Å². The Morgan fingerprint density at radius 2 is 0.947 bits per heavy atom. The molecule has 0 radical (unpaired) electrons. The minimum atomic E-state index is -0.798. The Labute approximate surface area is 352 Å². The van der Waals surface area contributed by atoms with Crippen LogP contribution in [-0.2, 0) is 14.3 Å². The summed E-state index contributed by atoms with van der Waals surface area (Å²) in [5.41, 5.74) is 0. The largest absolute Gasteiger partial charge is 0.462 e. The van der Waals surface area contributed by atoms with E-state index in [9.17, 15) is 19.8 Å². The van der Waals surface area contributed by atoms with Crippen LogP contribution in [0.15, 0.2) is 60.8 Å². The van der Waals surface area contributed by atoms with Gasteiger partial charge in [0.2, 0.25) is 5.91 Å². The molecule has 57 heavy (non-hydrogen) atoms. The lowest BCUT2D eigenvalue weighted by molar-refractivity contribution is -0.151. The highest BCUT2D eigenvalue weighted by atomic mass is 16.5. The minimum absolute atomic E-state index is 0.0467. The monoisotopic (exact) mass is 798 g/mol. The number of carbonyl (C=O) groups is 2. The van der Waals surface area contributed by atoms with E-state index in [0.29, 0.717) is 19.3 Å². The summed E-state index contributed by atoms with van der Waals surface area (Å²) in [5, 5.41) is 23.6. The number of ether oxygens (including phenoxy) is 1. The van der Waals surface area contributed by atoms with Gasteiger partial charge in [-0.25, -0.2) is 0 Å². The van der Waals surface area contributed by atoms with Gasteiger partial charge in [-0.2, -0.15) is 0 Å². The van der Waals surface area contributed by atoms with E-state index in [2.05, 4.69) is 86.8 Å². The number of nitrogens with one attached hydrogen (secondary N) is 1. The Morgan fingerprint density at radius 1 is 0.526 bits per heavy atom. The number of unbranched alkanes of at least 4 members (excludes halogenated alkanes) is 20. The summed E-state index contributed by atoms with van der Waals surface area (Å²) in [5.74, 6) is -0.525. The normalized spacial score (nSPS) is 13.8. The number of hydrogen-bond acceptors (Lipinski definition) is 5. The Morgan fingerprint density at radius 3 is 1.49 bits per heavy atom. The molecule has 3 N–H and O–H groups in total. The van der Waals surface area contributed by atoms with Gasteiger partial charge in [-0.3, -0.25) is 9.59 Å². The Hall–Kier alpha value is -2.44. The van der Waals surface area contributed by atoms with E-state index in [1.54, 1.807) is 0 Å². The molecule has 330 valence electrons. The van der Waals surface area contributed by atoms with Crippen molar-refractivity contribution in [2.24, 2.45) is 0 Å². The molecule has 1 amide bonds. The van der Waals surface area contributed by atoms with E-state index in [0.717, 1.165) is 89.9 Å². The maximum Gasteiger partial charge on any atom is 0.306 e. The van der Waals surface area contributed by atoms with Crippen LogP contribution in [0.2, 0.25) is 0 Å². The molecule has 0 rings (SSSR count). The molecule has 3 atom stereocenters. The van der Waals surface area contributed by atoms with Gasteiger partial charge < -0.3 is 20.3 Å². The van der Waals surface area contributed by atoms with Crippen LogP contribution < -0.4 is 5.32 Å². The number of rotatable bonds is 42. The maximum absolute atomic E-state index is 13.1. The van der Waals surface area contributed by atoms with E-state index in [4.69, 9.17) is 4.74 Å². The topological polar surface area (TPSA) is 95.9 Å². The molecule has 0 aromatic heterocycles. The van der Waals surface area contributed by atoms with Gasteiger partial charge in [0.25, 0.3) is 0 Å². The molecular weight excluding hydrogens is 707 g/mol. The third kappa shape index (κ3) is 40.1. The zero-order chi connectivity index (χ0) is 41.7. The molecule has 3 unspecified atom stereocenters. The lowest BCUT2D eigenvalue weighted by Gasteiger charge is -2.24.